The van der Waals surface area contributed by atoms with E-state index < -0.39 is 0 Å². The van der Waals surface area contributed by atoms with Crippen LogP contribution >= 0.6 is 8.15 Å². The van der Waals surface area contributed by atoms with Crippen LogP contribution in [0.15, 0.2) is 24.3 Å². The van der Waals surface area contributed by atoms with Crippen LogP contribution in [0.2, 0.25) is 0 Å². The molecule has 0 aliphatic heterocycles. The average molecular weight is 196 g/mol. The van der Waals surface area contributed by atoms with E-state index in [2.05, 4.69) is 45.0 Å². The maximum absolute atomic E-state index is 5.70. The molecule has 0 aliphatic carbocycles. The topological polar surface area (TPSA) is 9.23 Å². The van der Waals surface area contributed by atoms with Crippen molar-refractivity contribution in [2.75, 3.05) is 12.8 Å². The van der Waals surface area contributed by atoms with Gasteiger partial charge in [0, 0.05) is 11.9 Å². The van der Waals surface area contributed by atoms with Crippen LogP contribution in [0.3, 0.4) is 0 Å². The van der Waals surface area contributed by atoms with Crippen molar-refractivity contribution in [1.29, 1.82) is 0 Å². The predicted molar refractivity (Wildman–Crippen MR) is 59.9 cm³/mol. The van der Waals surface area contributed by atoms with Gasteiger partial charge in [0.15, 0.2) is 0 Å². The Balaban J connectivity index is 2.78. The number of hydrogen-bond acceptors (Lipinski definition) is 1. The maximum Gasteiger partial charge on any atom is 0.0600 e. The fourth-order valence-corrected chi connectivity index (χ4v) is 2.90. The van der Waals surface area contributed by atoms with Gasteiger partial charge in [-0.2, -0.15) is 0 Å². The third-order valence-electron chi connectivity index (χ3n) is 1.86. The van der Waals surface area contributed by atoms with Crippen molar-refractivity contribution < 1.29 is 4.52 Å². The Morgan fingerprint density at radius 1 is 1.31 bits per heavy atom. The molecule has 1 atom stereocenters. The van der Waals surface area contributed by atoms with E-state index in [-0.39, 0.29) is 8.15 Å². The third kappa shape index (κ3) is 3.10. The van der Waals surface area contributed by atoms with E-state index in [0.717, 1.165) is 12.8 Å². The molecule has 1 nitrogen and oxygen atoms in total. The Morgan fingerprint density at radius 3 is 2.62 bits per heavy atom. The fourth-order valence-electron chi connectivity index (χ4n) is 1.29. The molecule has 1 aromatic carbocycles. The monoisotopic (exact) mass is 196 g/mol. The Morgan fingerprint density at radius 2 is 2.08 bits per heavy atom. The lowest BCUT2D eigenvalue weighted by atomic mass is 10.2. The summed E-state index contributed by atoms with van der Waals surface area (Å²) in [6, 6.07) is 8.62. The molecule has 0 aromatic heterocycles. The molecular formula is C11H17OP. The first-order chi connectivity index (χ1) is 6.27. The summed E-state index contributed by atoms with van der Waals surface area (Å²) < 4.78 is 5.70. The molecule has 0 bridgehead atoms. The molecule has 1 aromatic rings. The van der Waals surface area contributed by atoms with E-state index >= 15 is 0 Å². The Kier molecular flexibility index (Phi) is 4.41. The molecule has 72 valence electrons. The number of rotatable bonds is 4. The minimum absolute atomic E-state index is 0.370. The summed E-state index contributed by atoms with van der Waals surface area (Å²) in [6.07, 6.45) is 1.10. The van der Waals surface area contributed by atoms with Crippen molar-refractivity contribution in [3.05, 3.63) is 29.8 Å². The van der Waals surface area contributed by atoms with Gasteiger partial charge in [-0.05, 0) is 26.1 Å². The van der Waals surface area contributed by atoms with Gasteiger partial charge in [-0.3, -0.25) is 0 Å². The Hall–Kier alpha value is -0.390. The molecule has 1 unspecified atom stereocenters. The van der Waals surface area contributed by atoms with E-state index in [4.69, 9.17) is 4.52 Å². The highest BCUT2D eigenvalue weighted by Crippen LogP contribution is 2.34. The summed E-state index contributed by atoms with van der Waals surface area (Å²) >= 11 is 0. The molecule has 0 fully saturated rings. The van der Waals surface area contributed by atoms with Crippen molar-refractivity contribution in [3.8, 4) is 0 Å². The molecule has 0 saturated heterocycles. The zero-order valence-electron chi connectivity index (χ0n) is 8.58. The molecule has 0 spiro atoms. The van der Waals surface area contributed by atoms with Crippen LogP contribution in [0.5, 0.6) is 0 Å². The highest BCUT2D eigenvalue weighted by atomic mass is 31.1. The lowest BCUT2D eigenvalue weighted by Gasteiger charge is -2.15. The van der Waals surface area contributed by atoms with Crippen LogP contribution in [-0.2, 0) is 4.52 Å². The zero-order valence-corrected chi connectivity index (χ0v) is 9.47. The first-order valence-electron chi connectivity index (χ1n) is 4.75. The van der Waals surface area contributed by atoms with Crippen LogP contribution in [0.4, 0.5) is 0 Å². The molecular weight excluding hydrogens is 179 g/mol. The van der Waals surface area contributed by atoms with Gasteiger partial charge >= 0.3 is 0 Å². The van der Waals surface area contributed by atoms with E-state index in [0.29, 0.717) is 0 Å². The summed E-state index contributed by atoms with van der Waals surface area (Å²) in [5.41, 5.74) is 1.32. The van der Waals surface area contributed by atoms with Crippen molar-refractivity contribution in [2.45, 2.75) is 20.8 Å². The highest BCUT2D eigenvalue weighted by Gasteiger charge is 2.07. The summed E-state index contributed by atoms with van der Waals surface area (Å²) in [7, 11) is -0.370. The molecule has 2 heteroatoms. The van der Waals surface area contributed by atoms with E-state index in [1.54, 1.807) is 0 Å². The number of aryl methyl sites for hydroxylation is 1. The highest BCUT2D eigenvalue weighted by molar-refractivity contribution is 7.60. The van der Waals surface area contributed by atoms with Gasteiger partial charge in [-0.1, -0.05) is 30.7 Å². The Bertz CT molecular complexity index is 260. The van der Waals surface area contributed by atoms with Crippen molar-refractivity contribution >= 4 is 13.5 Å². The van der Waals surface area contributed by atoms with Crippen molar-refractivity contribution in [3.63, 3.8) is 0 Å². The van der Waals surface area contributed by atoms with Crippen LogP contribution in [-0.4, -0.2) is 12.8 Å². The van der Waals surface area contributed by atoms with Gasteiger partial charge in [-0.25, -0.2) is 0 Å². The third-order valence-corrected chi connectivity index (χ3v) is 3.86. The fraction of sp³-hybridized carbons (Fsp3) is 0.455. The quantitative estimate of drug-likeness (QED) is 0.672. The lowest BCUT2D eigenvalue weighted by Crippen LogP contribution is -2.05. The van der Waals surface area contributed by atoms with Crippen molar-refractivity contribution in [1.82, 2.24) is 0 Å². The van der Waals surface area contributed by atoms with Gasteiger partial charge in [0.25, 0.3) is 0 Å². The van der Waals surface area contributed by atoms with Gasteiger partial charge in [0.1, 0.15) is 0 Å². The second kappa shape index (κ2) is 5.36. The van der Waals surface area contributed by atoms with Gasteiger partial charge in [0.2, 0.25) is 0 Å². The van der Waals surface area contributed by atoms with Gasteiger partial charge in [0.05, 0.1) is 8.15 Å². The standard InChI is InChI=1S/C11H17OP/c1-4-12-13(5-2)11-8-6-7-10(3)9-11/h6-9H,4-5H2,1-3H3. The summed E-state index contributed by atoms with van der Waals surface area (Å²) in [4.78, 5) is 0. The minimum Gasteiger partial charge on any atom is -0.355 e. The predicted octanol–water partition coefficient (Wildman–Crippen LogP) is 3.07. The minimum atomic E-state index is -0.370. The second-order valence-electron chi connectivity index (χ2n) is 2.95. The van der Waals surface area contributed by atoms with Crippen LogP contribution < -0.4 is 5.30 Å². The van der Waals surface area contributed by atoms with E-state index in [9.17, 15) is 0 Å². The van der Waals surface area contributed by atoms with Crippen molar-refractivity contribution in [2.24, 2.45) is 0 Å². The van der Waals surface area contributed by atoms with Crippen LogP contribution in [0.25, 0.3) is 0 Å². The summed E-state index contributed by atoms with van der Waals surface area (Å²) in [5, 5.41) is 1.36. The average Bonchev–Trinajstić information content (AvgIpc) is 2.14. The SMILES string of the molecule is CCOP(CC)c1cccc(C)c1. The number of benzene rings is 1. The van der Waals surface area contributed by atoms with Gasteiger partial charge in [-0.15, -0.1) is 0 Å². The molecule has 13 heavy (non-hydrogen) atoms. The molecule has 1 rings (SSSR count). The van der Waals surface area contributed by atoms with E-state index in [1.165, 1.54) is 10.9 Å². The molecule has 0 amide bonds. The smallest absolute Gasteiger partial charge is 0.0600 e. The van der Waals surface area contributed by atoms with Gasteiger partial charge < -0.3 is 4.52 Å². The summed E-state index contributed by atoms with van der Waals surface area (Å²) in [5.74, 6) is 0. The molecule has 0 saturated carbocycles. The number of hydrogen-bond donors (Lipinski definition) is 0. The molecule has 0 N–H and O–H groups in total. The first kappa shape index (κ1) is 10.7. The zero-order chi connectivity index (χ0) is 9.68. The lowest BCUT2D eigenvalue weighted by molar-refractivity contribution is 0.383. The summed E-state index contributed by atoms with van der Waals surface area (Å²) in [6.45, 7) is 7.18. The molecule has 0 radical (unpaired) electrons. The molecule has 0 heterocycles. The normalized spacial score (nSPS) is 12.8. The van der Waals surface area contributed by atoms with Crippen LogP contribution in [0, 0.1) is 6.92 Å². The molecule has 0 aliphatic rings. The largest absolute Gasteiger partial charge is 0.355 e. The van der Waals surface area contributed by atoms with Crippen LogP contribution in [0.1, 0.15) is 19.4 Å². The first-order valence-corrected chi connectivity index (χ1v) is 6.19. The second-order valence-corrected chi connectivity index (χ2v) is 5.12. The van der Waals surface area contributed by atoms with E-state index in [1.807, 2.05) is 0 Å². The maximum atomic E-state index is 5.70. The Labute approximate surface area is 82.0 Å².